The number of carbonyl (C=O) groups is 1. The number of hydrogen-bond donors (Lipinski definition) is 3. The van der Waals surface area contributed by atoms with E-state index in [1.807, 2.05) is 48.5 Å². The number of benzene rings is 2. The highest BCUT2D eigenvalue weighted by Crippen LogP contribution is 2.24. The summed E-state index contributed by atoms with van der Waals surface area (Å²) in [5.41, 5.74) is 3.75. The maximum Gasteiger partial charge on any atom is 0.273 e. The van der Waals surface area contributed by atoms with Crippen LogP contribution in [-0.4, -0.2) is 42.9 Å². The summed E-state index contributed by atoms with van der Waals surface area (Å²) >= 11 is 0. The van der Waals surface area contributed by atoms with Crippen LogP contribution in [0.3, 0.4) is 0 Å². The van der Waals surface area contributed by atoms with E-state index in [1.54, 1.807) is 13.2 Å². The number of anilines is 1. The number of methoxy groups -OCH3 is 1. The number of rotatable bonds is 5. The molecule has 8 heteroatoms. The van der Waals surface area contributed by atoms with Crippen LogP contribution in [0.2, 0.25) is 0 Å². The highest BCUT2D eigenvalue weighted by Gasteiger charge is 2.16. The van der Waals surface area contributed by atoms with Crippen LogP contribution in [0, 0.1) is 0 Å². The van der Waals surface area contributed by atoms with E-state index in [0.717, 1.165) is 35.7 Å². The van der Waals surface area contributed by atoms with E-state index in [4.69, 9.17) is 9.47 Å². The Kier molecular flexibility index (Phi) is 6.87. The van der Waals surface area contributed by atoms with Crippen molar-refractivity contribution in [2.45, 2.75) is 6.10 Å². The quantitative estimate of drug-likeness (QED) is 0.595. The van der Waals surface area contributed by atoms with Crippen molar-refractivity contribution in [3.05, 3.63) is 65.9 Å². The molecule has 3 N–H and O–H groups in total. The number of carbonyl (C=O) groups excluding carboxylic acids is 1. The van der Waals surface area contributed by atoms with Crippen molar-refractivity contribution < 1.29 is 14.3 Å². The molecule has 1 aliphatic heterocycles. The zero-order chi connectivity index (χ0) is 19.3. The van der Waals surface area contributed by atoms with E-state index in [2.05, 4.69) is 20.8 Å². The molecular formula is C21H23ClN4O3. The van der Waals surface area contributed by atoms with Gasteiger partial charge >= 0.3 is 0 Å². The predicted molar refractivity (Wildman–Crippen MR) is 114 cm³/mol. The van der Waals surface area contributed by atoms with E-state index in [0.29, 0.717) is 18.0 Å². The number of H-pyrrole nitrogens is 1. The van der Waals surface area contributed by atoms with Gasteiger partial charge in [-0.3, -0.25) is 9.89 Å². The first-order valence-corrected chi connectivity index (χ1v) is 9.16. The van der Waals surface area contributed by atoms with Crippen LogP contribution >= 0.6 is 12.4 Å². The molecule has 2 heterocycles. The Morgan fingerprint density at radius 1 is 1.21 bits per heavy atom. The lowest BCUT2D eigenvalue weighted by Crippen LogP contribution is -2.33. The highest BCUT2D eigenvalue weighted by atomic mass is 35.5. The minimum Gasteiger partial charge on any atom is -0.497 e. The second-order valence-electron chi connectivity index (χ2n) is 6.54. The largest absolute Gasteiger partial charge is 0.497 e. The maximum atomic E-state index is 12.5. The topological polar surface area (TPSA) is 88.3 Å². The standard InChI is InChI=1S/C21H22N4O3.ClH/c1-27-17-4-2-3-15(11-17)18-12-19(25-24-18)21(26)23-16-7-5-14(6-8-16)20-13-22-9-10-28-20;/h2-8,11-12,20,22H,9-10,13H2,1H3,(H,23,26)(H,24,25);1H/t20-;/m1./s1. The van der Waals surface area contributed by atoms with Gasteiger partial charge in [0.1, 0.15) is 11.4 Å². The molecule has 3 aromatic rings. The Hall–Kier alpha value is -2.87. The van der Waals surface area contributed by atoms with Crippen LogP contribution in [0.25, 0.3) is 11.3 Å². The number of aromatic nitrogens is 2. The normalized spacial score (nSPS) is 16.0. The summed E-state index contributed by atoms with van der Waals surface area (Å²) in [6.07, 6.45) is 0.0523. The second kappa shape index (κ2) is 9.56. The number of halogens is 1. The van der Waals surface area contributed by atoms with Gasteiger partial charge in [0.25, 0.3) is 5.91 Å². The summed E-state index contributed by atoms with van der Waals surface area (Å²) in [5.74, 6) is 0.494. The van der Waals surface area contributed by atoms with Gasteiger partial charge in [0.15, 0.2) is 0 Å². The summed E-state index contributed by atoms with van der Waals surface area (Å²) in [4.78, 5) is 12.5. The fourth-order valence-corrected chi connectivity index (χ4v) is 3.13. The summed E-state index contributed by atoms with van der Waals surface area (Å²) in [7, 11) is 1.62. The van der Waals surface area contributed by atoms with Gasteiger partial charge in [-0.15, -0.1) is 12.4 Å². The van der Waals surface area contributed by atoms with Crippen molar-refractivity contribution in [3.63, 3.8) is 0 Å². The molecule has 7 nitrogen and oxygen atoms in total. The van der Waals surface area contributed by atoms with Crippen molar-refractivity contribution in [1.29, 1.82) is 0 Å². The molecule has 1 atom stereocenters. The van der Waals surface area contributed by atoms with Crippen LogP contribution < -0.4 is 15.4 Å². The molecule has 1 saturated heterocycles. The molecule has 1 aromatic heterocycles. The number of amides is 1. The Morgan fingerprint density at radius 3 is 2.76 bits per heavy atom. The Bertz CT molecular complexity index is 953. The first-order valence-electron chi connectivity index (χ1n) is 9.16. The van der Waals surface area contributed by atoms with Gasteiger partial charge < -0.3 is 20.1 Å². The molecule has 1 fully saturated rings. The Labute approximate surface area is 175 Å². The third-order valence-electron chi connectivity index (χ3n) is 4.66. The Balaban J connectivity index is 0.00000240. The minimum atomic E-state index is -0.245. The van der Waals surface area contributed by atoms with Gasteiger partial charge in [-0.25, -0.2) is 0 Å². The van der Waals surface area contributed by atoms with Gasteiger partial charge in [0.2, 0.25) is 0 Å². The molecular weight excluding hydrogens is 392 g/mol. The zero-order valence-electron chi connectivity index (χ0n) is 16.0. The third-order valence-corrected chi connectivity index (χ3v) is 4.66. The van der Waals surface area contributed by atoms with E-state index < -0.39 is 0 Å². The van der Waals surface area contributed by atoms with Crippen LogP contribution in [0.1, 0.15) is 22.2 Å². The van der Waals surface area contributed by atoms with Crippen molar-refractivity contribution in [3.8, 4) is 17.0 Å². The van der Waals surface area contributed by atoms with Gasteiger partial charge in [-0.2, -0.15) is 5.10 Å². The van der Waals surface area contributed by atoms with E-state index in [9.17, 15) is 4.79 Å². The summed E-state index contributed by atoms with van der Waals surface area (Å²) in [6.45, 7) is 2.39. The Morgan fingerprint density at radius 2 is 2.03 bits per heavy atom. The lowest BCUT2D eigenvalue weighted by atomic mass is 10.1. The number of morpholine rings is 1. The van der Waals surface area contributed by atoms with Crippen molar-refractivity contribution in [1.82, 2.24) is 15.5 Å². The molecule has 152 valence electrons. The average Bonchev–Trinajstić information content (AvgIpc) is 3.25. The van der Waals surface area contributed by atoms with Crippen molar-refractivity contribution >= 4 is 24.0 Å². The number of nitrogens with zero attached hydrogens (tertiary/aromatic N) is 1. The van der Waals surface area contributed by atoms with Crippen molar-refractivity contribution in [2.75, 3.05) is 32.1 Å². The number of nitrogens with one attached hydrogen (secondary N) is 3. The molecule has 0 aliphatic carbocycles. The molecule has 1 amide bonds. The molecule has 1 aliphatic rings. The summed E-state index contributed by atoms with van der Waals surface area (Å²) in [6, 6.07) is 17.0. The average molecular weight is 415 g/mol. The van der Waals surface area contributed by atoms with Crippen LogP contribution in [0.5, 0.6) is 5.75 Å². The van der Waals surface area contributed by atoms with Crippen LogP contribution in [0.4, 0.5) is 5.69 Å². The lowest BCUT2D eigenvalue weighted by Gasteiger charge is -2.24. The molecule has 0 spiro atoms. The molecule has 29 heavy (non-hydrogen) atoms. The number of aromatic amines is 1. The molecule has 2 aromatic carbocycles. The number of hydrogen-bond acceptors (Lipinski definition) is 5. The predicted octanol–water partition coefficient (Wildman–Crippen LogP) is 3.42. The minimum absolute atomic E-state index is 0. The molecule has 0 radical (unpaired) electrons. The number of ether oxygens (including phenoxy) is 2. The van der Waals surface area contributed by atoms with E-state index in [-0.39, 0.29) is 24.4 Å². The smallest absolute Gasteiger partial charge is 0.273 e. The van der Waals surface area contributed by atoms with Crippen LogP contribution in [-0.2, 0) is 4.74 Å². The molecule has 0 bridgehead atoms. The zero-order valence-corrected chi connectivity index (χ0v) is 16.8. The monoisotopic (exact) mass is 414 g/mol. The van der Waals surface area contributed by atoms with Gasteiger partial charge in [0, 0.05) is 24.3 Å². The highest BCUT2D eigenvalue weighted by molar-refractivity contribution is 6.03. The van der Waals surface area contributed by atoms with Gasteiger partial charge in [0.05, 0.1) is 25.5 Å². The first kappa shape index (κ1) is 20.9. The second-order valence-corrected chi connectivity index (χ2v) is 6.54. The fourth-order valence-electron chi connectivity index (χ4n) is 3.13. The summed E-state index contributed by atoms with van der Waals surface area (Å²) < 4.78 is 11.0. The fraction of sp³-hybridized carbons (Fsp3) is 0.238. The van der Waals surface area contributed by atoms with E-state index in [1.165, 1.54) is 0 Å². The van der Waals surface area contributed by atoms with E-state index >= 15 is 0 Å². The lowest BCUT2D eigenvalue weighted by molar-refractivity contribution is 0.0277. The van der Waals surface area contributed by atoms with Crippen molar-refractivity contribution in [2.24, 2.45) is 0 Å². The molecule has 0 saturated carbocycles. The maximum absolute atomic E-state index is 12.5. The molecule has 0 unspecified atom stereocenters. The SMILES string of the molecule is COc1cccc(-c2cc(C(=O)Nc3ccc([C@H]4CNCCO4)cc3)[nH]n2)c1.Cl. The van der Waals surface area contributed by atoms with Gasteiger partial charge in [-0.1, -0.05) is 24.3 Å². The van der Waals surface area contributed by atoms with Gasteiger partial charge in [-0.05, 0) is 35.9 Å². The third kappa shape index (κ3) is 4.95. The summed E-state index contributed by atoms with van der Waals surface area (Å²) in [5, 5.41) is 13.2. The van der Waals surface area contributed by atoms with Crippen LogP contribution in [0.15, 0.2) is 54.6 Å². The first-order chi connectivity index (χ1) is 13.7. The molecule has 4 rings (SSSR count).